The second kappa shape index (κ2) is 9.38. The normalized spacial score (nSPS) is 11.2. The molecule has 3 nitrogen and oxygen atoms in total. The molecule has 0 amide bonds. The number of furan rings is 1. The lowest BCUT2D eigenvalue weighted by molar-refractivity contribution is 0.654. The highest BCUT2D eigenvalue weighted by Crippen LogP contribution is 2.39. The first-order valence-corrected chi connectivity index (χ1v) is 12.7. The van der Waals surface area contributed by atoms with E-state index in [9.17, 15) is 0 Å². The Bertz CT molecular complexity index is 1760. The van der Waals surface area contributed by atoms with Crippen LogP contribution in [0.3, 0.4) is 0 Å². The molecule has 0 saturated heterocycles. The van der Waals surface area contributed by atoms with E-state index < -0.39 is 0 Å². The van der Waals surface area contributed by atoms with Crippen LogP contribution in [0.1, 0.15) is 0 Å². The van der Waals surface area contributed by atoms with Crippen molar-refractivity contribution in [2.45, 2.75) is 0 Å². The van der Waals surface area contributed by atoms with Crippen LogP contribution in [-0.2, 0) is 0 Å². The zero-order valence-corrected chi connectivity index (χ0v) is 20.7. The Morgan fingerprint density at radius 2 is 0.947 bits per heavy atom. The summed E-state index contributed by atoms with van der Waals surface area (Å²) in [7, 11) is 0. The minimum absolute atomic E-state index is 0.647. The van der Waals surface area contributed by atoms with E-state index in [1.54, 1.807) is 0 Å². The van der Waals surface area contributed by atoms with Gasteiger partial charge in [-0.05, 0) is 58.7 Å². The summed E-state index contributed by atoms with van der Waals surface area (Å²) in [6.45, 7) is 0. The lowest BCUT2D eigenvalue weighted by Crippen LogP contribution is -2.10. The largest absolute Gasteiger partial charge is 0.438 e. The fourth-order valence-corrected chi connectivity index (χ4v) is 5.03. The van der Waals surface area contributed by atoms with E-state index in [1.165, 1.54) is 22.3 Å². The van der Waals surface area contributed by atoms with Crippen LogP contribution in [0.25, 0.3) is 44.3 Å². The van der Waals surface area contributed by atoms with E-state index in [2.05, 4.69) is 114 Å². The molecule has 0 radical (unpaired) electrons. The summed E-state index contributed by atoms with van der Waals surface area (Å²) in [5.41, 5.74) is 9.36. The van der Waals surface area contributed by atoms with Gasteiger partial charge in [0.25, 0.3) is 0 Å². The third-order valence-corrected chi connectivity index (χ3v) is 6.94. The number of nitrogens with zero attached hydrogens (tertiary/aromatic N) is 2. The minimum atomic E-state index is 0.647. The SMILES string of the molecule is c1ccc(-c2ccc(N(c3ccc(-c4ccccc4)cc3)c3cnc4oc5ccccc5c4c3)cc2)cc1. The van der Waals surface area contributed by atoms with Crippen molar-refractivity contribution in [1.82, 2.24) is 4.98 Å². The van der Waals surface area contributed by atoms with Gasteiger partial charge in [-0.2, -0.15) is 0 Å². The average molecular weight is 489 g/mol. The first-order valence-electron chi connectivity index (χ1n) is 12.7. The first-order chi connectivity index (χ1) is 18.8. The van der Waals surface area contributed by atoms with Gasteiger partial charge < -0.3 is 9.32 Å². The van der Waals surface area contributed by atoms with Crippen molar-refractivity contribution in [3.8, 4) is 22.3 Å². The van der Waals surface area contributed by atoms with Crippen LogP contribution in [0.15, 0.2) is 150 Å². The predicted octanol–water partition coefficient (Wildman–Crippen LogP) is 9.78. The predicted molar refractivity (Wildman–Crippen MR) is 157 cm³/mol. The Morgan fingerprint density at radius 1 is 0.447 bits per heavy atom. The lowest BCUT2D eigenvalue weighted by Gasteiger charge is -2.25. The molecule has 0 bridgehead atoms. The molecule has 7 rings (SSSR count). The first kappa shape index (κ1) is 22.1. The summed E-state index contributed by atoms with van der Waals surface area (Å²) >= 11 is 0. The van der Waals surface area contributed by atoms with Crippen LogP contribution in [-0.4, -0.2) is 4.98 Å². The van der Waals surface area contributed by atoms with Crippen molar-refractivity contribution < 1.29 is 4.42 Å². The van der Waals surface area contributed by atoms with Gasteiger partial charge in [0, 0.05) is 16.8 Å². The number of hydrogen-bond acceptors (Lipinski definition) is 3. The second-order valence-electron chi connectivity index (χ2n) is 9.31. The van der Waals surface area contributed by atoms with Crippen LogP contribution in [0.4, 0.5) is 17.1 Å². The molecular weight excluding hydrogens is 464 g/mol. The van der Waals surface area contributed by atoms with E-state index in [-0.39, 0.29) is 0 Å². The summed E-state index contributed by atoms with van der Waals surface area (Å²) < 4.78 is 6.00. The molecule has 0 N–H and O–H groups in total. The van der Waals surface area contributed by atoms with Crippen molar-refractivity contribution in [2.24, 2.45) is 0 Å². The maximum absolute atomic E-state index is 6.00. The standard InChI is InChI=1S/C35H24N2O/c1-3-9-25(10-4-1)27-15-19-29(20-16-27)37(30-21-17-28(18-22-30)26-11-5-2-6-12-26)31-23-33-32-13-7-8-14-34(32)38-35(33)36-24-31/h1-24H. The summed E-state index contributed by atoms with van der Waals surface area (Å²) in [6, 6.07) is 48.6. The van der Waals surface area contributed by atoms with Crippen LogP contribution in [0.5, 0.6) is 0 Å². The molecule has 2 heterocycles. The minimum Gasteiger partial charge on any atom is -0.438 e. The number of benzene rings is 5. The number of hydrogen-bond donors (Lipinski definition) is 0. The maximum Gasteiger partial charge on any atom is 0.227 e. The highest BCUT2D eigenvalue weighted by molar-refractivity contribution is 6.05. The molecule has 38 heavy (non-hydrogen) atoms. The van der Waals surface area contributed by atoms with Gasteiger partial charge in [0.2, 0.25) is 5.71 Å². The maximum atomic E-state index is 6.00. The number of aromatic nitrogens is 1. The monoisotopic (exact) mass is 488 g/mol. The summed E-state index contributed by atoms with van der Waals surface area (Å²) in [6.07, 6.45) is 1.89. The molecule has 0 aliphatic carbocycles. The Kier molecular flexibility index (Phi) is 5.45. The fraction of sp³-hybridized carbons (Fsp3) is 0. The van der Waals surface area contributed by atoms with E-state index >= 15 is 0 Å². The molecule has 5 aromatic carbocycles. The van der Waals surface area contributed by atoms with Crippen LogP contribution in [0, 0.1) is 0 Å². The molecule has 0 spiro atoms. The molecule has 0 aliphatic rings. The molecule has 0 fully saturated rings. The van der Waals surface area contributed by atoms with E-state index in [1.807, 2.05) is 36.5 Å². The zero-order valence-electron chi connectivity index (χ0n) is 20.7. The van der Waals surface area contributed by atoms with Gasteiger partial charge in [0.05, 0.1) is 17.3 Å². The van der Waals surface area contributed by atoms with Crippen molar-refractivity contribution in [1.29, 1.82) is 0 Å². The summed E-state index contributed by atoms with van der Waals surface area (Å²) in [4.78, 5) is 6.96. The molecular formula is C35H24N2O. The number of pyridine rings is 1. The Morgan fingerprint density at radius 3 is 1.53 bits per heavy atom. The Balaban J connectivity index is 1.35. The van der Waals surface area contributed by atoms with Gasteiger partial charge >= 0.3 is 0 Å². The third kappa shape index (κ3) is 4.00. The summed E-state index contributed by atoms with van der Waals surface area (Å²) in [5, 5.41) is 2.07. The van der Waals surface area contributed by atoms with Gasteiger partial charge in [-0.25, -0.2) is 4.98 Å². The molecule has 0 unspecified atom stereocenters. The second-order valence-corrected chi connectivity index (χ2v) is 9.31. The van der Waals surface area contributed by atoms with E-state index in [0.29, 0.717) is 5.71 Å². The van der Waals surface area contributed by atoms with Crippen LogP contribution in [0.2, 0.25) is 0 Å². The molecule has 7 aromatic rings. The van der Waals surface area contributed by atoms with E-state index in [4.69, 9.17) is 9.40 Å². The quantitative estimate of drug-likeness (QED) is 0.241. The Labute approximate surface area is 221 Å². The molecule has 0 aliphatic heterocycles. The molecule has 180 valence electrons. The number of rotatable bonds is 5. The van der Waals surface area contributed by atoms with Crippen LogP contribution < -0.4 is 4.90 Å². The van der Waals surface area contributed by atoms with Gasteiger partial charge in [-0.15, -0.1) is 0 Å². The lowest BCUT2D eigenvalue weighted by atomic mass is 10.0. The number of para-hydroxylation sites is 1. The Hall–Kier alpha value is -5.15. The molecule has 2 aromatic heterocycles. The summed E-state index contributed by atoms with van der Waals surface area (Å²) in [5.74, 6) is 0. The highest BCUT2D eigenvalue weighted by Gasteiger charge is 2.16. The van der Waals surface area contributed by atoms with Gasteiger partial charge in [-0.3, -0.25) is 0 Å². The van der Waals surface area contributed by atoms with Crippen molar-refractivity contribution >= 4 is 39.1 Å². The topological polar surface area (TPSA) is 29.3 Å². The van der Waals surface area contributed by atoms with E-state index in [0.717, 1.165) is 33.4 Å². The number of anilines is 3. The zero-order chi connectivity index (χ0) is 25.3. The van der Waals surface area contributed by atoms with Crippen LogP contribution >= 0.6 is 0 Å². The smallest absolute Gasteiger partial charge is 0.227 e. The van der Waals surface area contributed by atoms with Gasteiger partial charge in [0.15, 0.2) is 0 Å². The number of fused-ring (bicyclic) bond motifs is 3. The molecule has 0 saturated carbocycles. The van der Waals surface area contributed by atoms with Crippen molar-refractivity contribution in [3.05, 3.63) is 146 Å². The average Bonchev–Trinajstić information content (AvgIpc) is 3.37. The third-order valence-electron chi connectivity index (χ3n) is 6.94. The van der Waals surface area contributed by atoms with Crippen molar-refractivity contribution in [2.75, 3.05) is 4.90 Å². The fourth-order valence-electron chi connectivity index (χ4n) is 5.03. The molecule has 3 heteroatoms. The van der Waals surface area contributed by atoms with Gasteiger partial charge in [0.1, 0.15) is 5.58 Å². The van der Waals surface area contributed by atoms with Crippen molar-refractivity contribution in [3.63, 3.8) is 0 Å². The van der Waals surface area contributed by atoms with Gasteiger partial charge in [-0.1, -0.05) is 103 Å². The molecule has 0 atom stereocenters. The highest BCUT2D eigenvalue weighted by atomic mass is 16.3.